The van der Waals surface area contributed by atoms with Gasteiger partial charge in [-0.15, -0.1) is 0 Å². The average Bonchev–Trinajstić information content (AvgIpc) is 2.11. The van der Waals surface area contributed by atoms with E-state index in [0.717, 1.165) is 0 Å². The average molecular weight is 172 g/mol. The van der Waals surface area contributed by atoms with Crippen molar-refractivity contribution in [1.82, 2.24) is 21.4 Å². The number of urea groups is 2. The van der Waals surface area contributed by atoms with Crippen LogP contribution in [0.1, 0.15) is 0 Å². The molecule has 12 heavy (non-hydrogen) atoms. The highest BCUT2D eigenvalue weighted by molar-refractivity contribution is 5.76. The first-order valence-corrected chi connectivity index (χ1v) is 2.88. The highest BCUT2D eigenvalue weighted by atomic mass is 16.5. The van der Waals surface area contributed by atoms with E-state index < -0.39 is 12.1 Å². The van der Waals surface area contributed by atoms with Crippen LogP contribution in [0.2, 0.25) is 0 Å². The van der Waals surface area contributed by atoms with E-state index >= 15 is 0 Å². The Bertz CT molecular complexity index is 207. The molecule has 0 rings (SSSR count). The normalized spacial score (nSPS) is 7.17. The van der Waals surface area contributed by atoms with E-state index in [2.05, 4.69) is 22.7 Å². The molecule has 0 aromatic rings. The predicted octanol–water partition coefficient (Wildman–Crippen LogP) is -1.48. The fraction of sp³-hybridized carbons (Fsp3) is 0.200. The summed E-state index contributed by atoms with van der Waals surface area (Å²) in [6, 6.07) is 2.80. The summed E-state index contributed by atoms with van der Waals surface area (Å²) in [7, 11) is 1.42. The van der Waals surface area contributed by atoms with Crippen molar-refractivity contribution in [1.29, 1.82) is 0 Å². The van der Waals surface area contributed by atoms with Crippen LogP contribution in [0.15, 0.2) is 0 Å². The van der Waals surface area contributed by atoms with Gasteiger partial charge in [-0.3, -0.25) is 15.8 Å². The molecule has 0 saturated carbocycles. The van der Waals surface area contributed by atoms with Crippen LogP contribution in [0.4, 0.5) is 9.59 Å². The number of hydrogen-bond donors (Lipinski definition) is 5. The highest BCUT2D eigenvalue weighted by Crippen LogP contribution is 1.57. The summed E-state index contributed by atoms with van der Waals surface area (Å²) in [5.74, 6) is 0. The van der Waals surface area contributed by atoms with Crippen LogP contribution < -0.4 is 21.4 Å². The third-order valence-corrected chi connectivity index (χ3v) is 0.743. The van der Waals surface area contributed by atoms with E-state index in [1.165, 1.54) is 12.5 Å². The molecular weight excluding hydrogens is 164 g/mol. The van der Waals surface area contributed by atoms with Crippen LogP contribution >= 0.6 is 0 Å². The van der Waals surface area contributed by atoms with Gasteiger partial charge in [0.25, 0.3) is 0 Å². The maximum absolute atomic E-state index is 10.4. The number of carbonyl (C=O) groups excluding carboxylic acids is 2. The van der Waals surface area contributed by atoms with E-state index in [-0.39, 0.29) is 0 Å². The first kappa shape index (κ1) is 10.1. The van der Waals surface area contributed by atoms with E-state index in [9.17, 15) is 9.59 Å². The van der Waals surface area contributed by atoms with Crippen LogP contribution in [-0.2, 0) is 0 Å². The third kappa shape index (κ3) is 4.89. The van der Waals surface area contributed by atoms with Crippen LogP contribution in [0, 0.1) is 12.1 Å². The zero-order chi connectivity index (χ0) is 9.40. The standard InChI is InChI=1S/C5H8N4O3/c1-6-4(10)7-2-3-8-5(11)9-12/h12H,1H3,(H2,6,7,10)(H2,8,9,11). The first-order valence-electron chi connectivity index (χ1n) is 2.88. The molecule has 66 valence electrons. The lowest BCUT2D eigenvalue weighted by atomic mass is 10.8. The number of nitrogens with one attached hydrogen (secondary N) is 4. The fourth-order valence-corrected chi connectivity index (χ4v) is 0.266. The van der Waals surface area contributed by atoms with Gasteiger partial charge in [0.2, 0.25) is 0 Å². The molecule has 0 saturated heterocycles. The van der Waals surface area contributed by atoms with Crippen molar-refractivity contribution in [3.8, 4) is 12.1 Å². The zero-order valence-electron chi connectivity index (χ0n) is 6.26. The minimum Gasteiger partial charge on any atom is -0.340 e. The molecule has 0 aromatic heterocycles. The second kappa shape index (κ2) is 5.82. The Hall–Kier alpha value is -1.94. The van der Waals surface area contributed by atoms with Crippen LogP contribution in [0.5, 0.6) is 0 Å². The van der Waals surface area contributed by atoms with Crippen molar-refractivity contribution < 1.29 is 14.8 Å². The molecule has 0 heterocycles. The van der Waals surface area contributed by atoms with Crippen molar-refractivity contribution >= 4 is 12.1 Å². The van der Waals surface area contributed by atoms with Gasteiger partial charge in [-0.1, -0.05) is 0 Å². The molecule has 0 aliphatic rings. The Kier molecular flexibility index (Phi) is 4.88. The first-order chi connectivity index (χ1) is 5.70. The molecule has 0 aliphatic heterocycles. The zero-order valence-corrected chi connectivity index (χ0v) is 6.26. The van der Waals surface area contributed by atoms with E-state index in [1.54, 1.807) is 0 Å². The van der Waals surface area contributed by atoms with Gasteiger partial charge in [0.1, 0.15) is 0 Å². The topological polar surface area (TPSA) is 102 Å². The highest BCUT2D eigenvalue weighted by Gasteiger charge is 1.90. The molecule has 4 amide bonds. The van der Waals surface area contributed by atoms with Crippen molar-refractivity contribution in [2.24, 2.45) is 0 Å². The Balaban J connectivity index is 3.61. The van der Waals surface area contributed by atoms with Gasteiger partial charge in [0.15, 0.2) is 0 Å². The van der Waals surface area contributed by atoms with E-state index in [0.29, 0.717) is 0 Å². The lowest BCUT2D eigenvalue weighted by Gasteiger charge is -1.93. The van der Waals surface area contributed by atoms with Gasteiger partial charge < -0.3 is 5.32 Å². The lowest BCUT2D eigenvalue weighted by molar-refractivity contribution is 0.165. The van der Waals surface area contributed by atoms with Gasteiger partial charge in [0.05, 0.1) is 0 Å². The number of carbonyl (C=O) groups is 2. The van der Waals surface area contributed by atoms with Gasteiger partial charge in [0, 0.05) is 19.1 Å². The Morgan fingerprint density at radius 2 is 1.67 bits per heavy atom. The molecule has 0 bridgehead atoms. The quantitative estimate of drug-likeness (QED) is 0.133. The van der Waals surface area contributed by atoms with Crippen LogP contribution in [-0.4, -0.2) is 24.3 Å². The summed E-state index contributed by atoms with van der Waals surface area (Å²) >= 11 is 0. The van der Waals surface area contributed by atoms with Gasteiger partial charge in [-0.25, -0.2) is 15.1 Å². The number of amides is 4. The molecule has 0 radical (unpaired) electrons. The minimum atomic E-state index is -0.874. The molecule has 0 spiro atoms. The van der Waals surface area contributed by atoms with Crippen molar-refractivity contribution in [2.75, 3.05) is 7.05 Å². The van der Waals surface area contributed by atoms with E-state index in [4.69, 9.17) is 5.21 Å². The monoisotopic (exact) mass is 172 g/mol. The molecule has 0 fully saturated rings. The molecule has 0 aliphatic carbocycles. The molecule has 0 unspecified atom stereocenters. The van der Waals surface area contributed by atoms with Crippen molar-refractivity contribution in [3.05, 3.63) is 0 Å². The molecule has 7 heteroatoms. The largest absolute Gasteiger partial charge is 0.350 e. The maximum atomic E-state index is 10.4. The Labute approximate surface area is 68.5 Å². The maximum Gasteiger partial charge on any atom is 0.350 e. The lowest BCUT2D eigenvalue weighted by Crippen LogP contribution is -2.32. The summed E-state index contributed by atoms with van der Waals surface area (Å²) in [5, 5.41) is 14.2. The summed E-state index contributed by atoms with van der Waals surface area (Å²) in [5.41, 5.74) is 1.29. The van der Waals surface area contributed by atoms with Crippen LogP contribution in [0.25, 0.3) is 0 Å². The van der Waals surface area contributed by atoms with Crippen molar-refractivity contribution in [2.45, 2.75) is 0 Å². The Morgan fingerprint density at radius 3 is 2.08 bits per heavy atom. The number of rotatable bonds is 0. The summed E-state index contributed by atoms with van der Waals surface area (Å²) in [6.07, 6.45) is 0. The molecule has 7 nitrogen and oxygen atoms in total. The smallest absolute Gasteiger partial charge is 0.340 e. The summed E-state index contributed by atoms with van der Waals surface area (Å²) in [4.78, 5) is 20.6. The van der Waals surface area contributed by atoms with Crippen LogP contribution in [0.3, 0.4) is 0 Å². The fourth-order valence-electron chi connectivity index (χ4n) is 0.266. The SMILES string of the molecule is CNC(=O)NC#CNC(=O)NO. The van der Waals surface area contributed by atoms with E-state index in [1.807, 2.05) is 5.32 Å². The number of hydrogen-bond acceptors (Lipinski definition) is 3. The minimum absolute atomic E-state index is 0.492. The predicted molar refractivity (Wildman–Crippen MR) is 38.8 cm³/mol. The Morgan fingerprint density at radius 1 is 1.17 bits per heavy atom. The van der Waals surface area contributed by atoms with Gasteiger partial charge >= 0.3 is 12.1 Å². The van der Waals surface area contributed by atoms with Gasteiger partial charge in [-0.2, -0.15) is 0 Å². The van der Waals surface area contributed by atoms with Crippen molar-refractivity contribution in [3.63, 3.8) is 0 Å². The second-order valence-corrected chi connectivity index (χ2v) is 1.52. The number of hydroxylamine groups is 1. The summed E-state index contributed by atoms with van der Waals surface area (Å²) < 4.78 is 0. The molecule has 5 N–H and O–H groups in total. The van der Waals surface area contributed by atoms with Gasteiger partial charge in [-0.05, 0) is 0 Å². The molecular formula is C5H8N4O3. The second-order valence-electron chi connectivity index (χ2n) is 1.52. The molecule has 0 atom stereocenters. The summed E-state index contributed by atoms with van der Waals surface area (Å²) in [6.45, 7) is 0. The third-order valence-electron chi connectivity index (χ3n) is 0.743. The molecule has 0 aromatic carbocycles.